The van der Waals surface area contributed by atoms with Crippen molar-refractivity contribution in [3.8, 4) is 23.0 Å². The van der Waals surface area contributed by atoms with E-state index in [9.17, 15) is 15.0 Å². The highest BCUT2D eigenvalue weighted by Crippen LogP contribution is 2.36. The zero-order chi connectivity index (χ0) is 17.7. The molecule has 0 aliphatic heterocycles. The van der Waals surface area contributed by atoms with Crippen molar-refractivity contribution in [2.75, 3.05) is 14.2 Å². The average molecular weight is 351 g/mol. The summed E-state index contributed by atoms with van der Waals surface area (Å²) in [5, 5.41) is 23.5. The summed E-state index contributed by atoms with van der Waals surface area (Å²) in [6.45, 7) is 0. The third-order valence-corrected chi connectivity index (χ3v) is 3.33. The summed E-state index contributed by atoms with van der Waals surface area (Å²) in [6, 6.07) is 7.35. The van der Waals surface area contributed by atoms with E-state index in [0.29, 0.717) is 16.3 Å². The zero-order valence-electron chi connectivity index (χ0n) is 12.9. The minimum atomic E-state index is -0.596. The number of ether oxygens (including phenoxy) is 2. The molecule has 0 bridgehead atoms. The second-order valence-electron chi connectivity index (χ2n) is 4.63. The number of phenols is 2. The molecular weight excluding hydrogens is 336 g/mol. The van der Waals surface area contributed by atoms with Gasteiger partial charge in [0.05, 0.1) is 20.4 Å². The Morgan fingerprint density at radius 1 is 1.17 bits per heavy atom. The molecule has 126 valence electrons. The van der Waals surface area contributed by atoms with Crippen molar-refractivity contribution in [1.29, 1.82) is 0 Å². The lowest BCUT2D eigenvalue weighted by molar-refractivity contribution is 0.0954. The van der Waals surface area contributed by atoms with Crippen LogP contribution in [0.5, 0.6) is 23.0 Å². The molecule has 8 heteroatoms. The van der Waals surface area contributed by atoms with E-state index in [1.165, 1.54) is 26.5 Å². The number of halogens is 1. The first kappa shape index (κ1) is 17.4. The molecule has 3 N–H and O–H groups in total. The number of carbonyl (C=O) groups is 1. The van der Waals surface area contributed by atoms with Gasteiger partial charge in [-0.25, -0.2) is 5.43 Å². The monoisotopic (exact) mass is 350 g/mol. The highest BCUT2D eigenvalue weighted by molar-refractivity contribution is 6.30. The molecule has 0 fully saturated rings. The third-order valence-electron chi connectivity index (χ3n) is 3.10. The number of hydrazone groups is 1. The number of hydrogen-bond acceptors (Lipinski definition) is 6. The number of hydrogen-bond donors (Lipinski definition) is 3. The predicted octanol–water partition coefficient (Wildman–Crippen LogP) is 2.53. The molecule has 0 unspecified atom stereocenters. The van der Waals surface area contributed by atoms with E-state index in [4.69, 9.17) is 21.1 Å². The van der Waals surface area contributed by atoms with E-state index in [2.05, 4.69) is 10.5 Å². The SMILES string of the molecule is COc1ccc(Cl)cc1/C=N/NC(=O)c1cc(O)c(O)c(OC)c1. The van der Waals surface area contributed by atoms with Crippen LogP contribution >= 0.6 is 11.6 Å². The molecule has 0 radical (unpaired) electrons. The molecule has 0 spiro atoms. The van der Waals surface area contributed by atoms with E-state index in [0.717, 1.165) is 6.07 Å². The number of rotatable bonds is 5. The Hall–Kier alpha value is -2.93. The maximum absolute atomic E-state index is 12.1. The van der Waals surface area contributed by atoms with Crippen LogP contribution in [0.15, 0.2) is 35.4 Å². The predicted molar refractivity (Wildman–Crippen MR) is 89.4 cm³/mol. The number of nitrogens with zero attached hydrogens (tertiary/aromatic N) is 1. The fraction of sp³-hybridized carbons (Fsp3) is 0.125. The molecule has 0 saturated carbocycles. The average Bonchev–Trinajstić information content (AvgIpc) is 2.57. The van der Waals surface area contributed by atoms with Gasteiger partial charge in [0, 0.05) is 16.1 Å². The van der Waals surface area contributed by atoms with Gasteiger partial charge in [-0.15, -0.1) is 0 Å². The van der Waals surface area contributed by atoms with Gasteiger partial charge in [0.2, 0.25) is 5.75 Å². The summed E-state index contributed by atoms with van der Waals surface area (Å²) in [4.78, 5) is 12.1. The van der Waals surface area contributed by atoms with Crippen LogP contribution in [0.1, 0.15) is 15.9 Å². The van der Waals surface area contributed by atoms with Crippen LogP contribution < -0.4 is 14.9 Å². The topological polar surface area (TPSA) is 100 Å². The number of amides is 1. The number of phenolic OH excluding ortho intramolecular Hbond substituents is 2. The van der Waals surface area contributed by atoms with E-state index >= 15 is 0 Å². The van der Waals surface area contributed by atoms with Gasteiger partial charge in [0.1, 0.15) is 5.75 Å². The highest BCUT2D eigenvalue weighted by Gasteiger charge is 2.14. The summed E-state index contributed by atoms with van der Waals surface area (Å²) in [5.41, 5.74) is 2.95. The Kier molecular flexibility index (Phi) is 5.49. The van der Waals surface area contributed by atoms with Crippen LogP contribution in [-0.2, 0) is 0 Å². The molecule has 7 nitrogen and oxygen atoms in total. The maximum atomic E-state index is 12.1. The van der Waals surface area contributed by atoms with Crippen molar-refractivity contribution >= 4 is 23.7 Å². The van der Waals surface area contributed by atoms with Gasteiger partial charge >= 0.3 is 0 Å². The van der Waals surface area contributed by atoms with E-state index < -0.39 is 17.4 Å². The summed E-state index contributed by atoms with van der Waals surface area (Å²) >= 11 is 5.91. The Bertz CT molecular complexity index is 792. The molecule has 2 aromatic carbocycles. The van der Waals surface area contributed by atoms with Crippen molar-refractivity contribution < 1.29 is 24.5 Å². The summed E-state index contributed by atoms with van der Waals surface area (Å²) in [5.74, 6) is -0.996. The van der Waals surface area contributed by atoms with Crippen LogP contribution in [0.25, 0.3) is 0 Å². The van der Waals surface area contributed by atoms with Crippen LogP contribution in [0, 0.1) is 0 Å². The lowest BCUT2D eigenvalue weighted by Crippen LogP contribution is -2.17. The Balaban J connectivity index is 2.16. The first-order valence-corrected chi connectivity index (χ1v) is 7.11. The first-order chi connectivity index (χ1) is 11.5. The normalized spacial score (nSPS) is 10.6. The second-order valence-corrected chi connectivity index (χ2v) is 5.07. The molecule has 0 heterocycles. The van der Waals surface area contributed by atoms with Crippen molar-refractivity contribution in [2.24, 2.45) is 5.10 Å². The molecule has 0 saturated heterocycles. The minimum Gasteiger partial charge on any atom is -0.504 e. The van der Waals surface area contributed by atoms with E-state index in [1.54, 1.807) is 18.2 Å². The summed E-state index contributed by atoms with van der Waals surface area (Å²) in [7, 11) is 2.81. The van der Waals surface area contributed by atoms with Crippen LogP contribution in [0.4, 0.5) is 0 Å². The summed E-state index contributed by atoms with van der Waals surface area (Å²) in [6.07, 6.45) is 1.38. The van der Waals surface area contributed by atoms with Crippen LogP contribution in [-0.4, -0.2) is 36.6 Å². The highest BCUT2D eigenvalue weighted by atomic mass is 35.5. The van der Waals surface area contributed by atoms with E-state index in [1.807, 2.05) is 0 Å². The molecule has 0 aromatic heterocycles. The standard InChI is InChI=1S/C16H15ClN2O5/c1-23-13-4-3-11(17)5-10(13)8-18-19-16(22)9-6-12(20)15(21)14(7-9)24-2/h3-8,20-21H,1-2H3,(H,19,22)/b18-8+. The molecule has 2 rings (SSSR count). The number of nitrogens with one attached hydrogen (secondary N) is 1. The van der Waals surface area contributed by atoms with Crippen LogP contribution in [0.2, 0.25) is 5.02 Å². The molecule has 24 heavy (non-hydrogen) atoms. The van der Waals surface area contributed by atoms with Gasteiger partial charge in [0.15, 0.2) is 11.5 Å². The molecule has 2 aromatic rings. The molecule has 0 atom stereocenters. The number of aromatic hydroxyl groups is 2. The molecular formula is C16H15ClN2O5. The van der Waals surface area contributed by atoms with Gasteiger partial charge in [-0.2, -0.15) is 5.10 Å². The van der Waals surface area contributed by atoms with Crippen LogP contribution in [0.3, 0.4) is 0 Å². The van der Waals surface area contributed by atoms with Gasteiger partial charge in [-0.3, -0.25) is 4.79 Å². The van der Waals surface area contributed by atoms with Gasteiger partial charge in [-0.1, -0.05) is 11.6 Å². The van der Waals surface area contributed by atoms with Crippen molar-refractivity contribution in [3.05, 3.63) is 46.5 Å². The van der Waals surface area contributed by atoms with Gasteiger partial charge in [0.25, 0.3) is 5.91 Å². The third kappa shape index (κ3) is 3.88. The molecule has 0 aliphatic carbocycles. The van der Waals surface area contributed by atoms with Crippen molar-refractivity contribution in [1.82, 2.24) is 5.43 Å². The minimum absolute atomic E-state index is 0.0272. The zero-order valence-corrected chi connectivity index (χ0v) is 13.7. The largest absolute Gasteiger partial charge is 0.504 e. The van der Waals surface area contributed by atoms with Crippen molar-refractivity contribution in [3.63, 3.8) is 0 Å². The number of benzene rings is 2. The van der Waals surface area contributed by atoms with E-state index in [-0.39, 0.29) is 11.3 Å². The lowest BCUT2D eigenvalue weighted by atomic mass is 10.1. The fourth-order valence-electron chi connectivity index (χ4n) is 1.91. The smallest absolute Gasteiger partial charge is 0.271 e. The molecule has 1 amide bonds. The second kappa shape index (κ2) is 7.56. The van der Waals surface area contributed by atoms with Gasteiger partial charge < -0.3 is 19.7 Å². The van der Waals surface area contributed by atoms with Crippen molar-refractivity contribution in [2.45, 2.75) is 0 Å². The molecule has 0 aliphatic rings. The Labute approximate surface area is 143 Å². The quantitative estimate of drug-likeness (QED) is 0.437. The number of carbonyl (C=O) groups excluding carboxylic acids is 1. The summed E-state index contributed by atoms with van der Waals surface area (Å²) < 4.78 is 10.0. The first-order valence-electron chi connectivity index (χ1n) is 6.73. The maximum Gasteiger partial charge on any atom is 0.271 e. The number of methoxy groups -OCH3 is 2. The lowest BCUT2D eigenvalue weighted by Gasteiger charge is -2.08. The fourth-order valence-corrected chi connectivity index (χ4v) is 2.09. The van der Waals surface area contributed by atoms with Gasteiger partial charge in [-0.05, 0) is 30.3 Å². The Morgan fingerprint density at radius 3 is 2.54 bits per heavy atom. The Morgan fingerprint density at radius 2 is 1.88 bits per heavy atom.